The maximum Gasteiger partial charge on any atom is 0.387 e. The van der Waals surface area contributed by atoms with E-state index in [0.29, 0.717) is 0 Å². The summed E-state index contributed by atoms with van der Waals surface area (Å²) in [5.74, 6) is -1.49. The molecule has 0 unspecified atom stereocenters. The first-order valence-electron chi connectivity index (χ1n) is 3.99. The number of hydrogen-bond acceptors (Lipinski definition) is 2. The number of carbonyl (C=O) groups excluding carboxylic acids is 1. The second-order valence-corrected chi connectivity index (χ2v) is 3.75. The average Bonchev–Trinajstić information content (AvgIpc) is 2.22. The number of halogens is 5. The van der Waals surface area contributed by atoms with Crippen LogP contribution in [0, 0.1) is 0 Å². The minimum absolute atomic E-state index is 0.0364. The zero-order chi connectivity index (χ0) is 12.3. The molecule has 0 aromatic heterocycles. The van der Waals surface area contributed by atoms with Crippen LogP contribution in [-0.4, -0.2) is 18.3 Å². The van der Waals surface area contributed by atoms with Gasteiger partial charge in [0.1, 0.15) is 0 Å². The normalized spacial score (nSPS) is 10.6. The minimum Gasteiger partial charge on any atom is -0.432 e. The van der Waals surface area contributed by atoms with E-state index in [1.165, 1.54) is 12.1 Å². The van der Waals surface area contributed by atoms with Crippen molar-refractivity contribution in [3.05, 3.63) is 27.7 Å². The van der Waals surface area contributed by atoms with E-state index in [-0.39, 0.29) is 15.6 Å². The lowest BCUT2D eigenvalue weighted by Crippen LogP contribution is -2.10. The van der Waals surface area contributed by atoms with Gasteiger partial charge in [0.2, 0.25) is 0 Å². The molecule has 0 radical (unpaired) electrons. The fraction of sp³-hybridized carbons (Fsp3) is 0.222. The maximum absolute atomic E-state index is 12.1. The molecule has 0 amide bonds. The topological polar surface area (TPSA) is 26.3 Å². The summed E-state index contributed by atoms with van der Waals surface area (Å²) >= 11 is 16.7. The third-order valence-corrected chi connectivity index (χ3v) is 2.52. The van der Waals surface area contributed by atoms with Crippen molar-refractivity contribution in [3.8, 4) is 5.75 Å². The first kappa shape index (κ1) is 13.5. The molecule has 7 heteroatoms. The van der Waals surface area contributed by atoms with Gasteiger partial charge in [-0.3, -0.25) is 4.79 Å². The van der Waals surface area contributed by atoms with Gasteiger partial charge in [-0.25, -0.2) is 0 Å². The standard InChI is InChI=1S/C9H5Cl3F2O2/c10-3-6(15)7-4(11)1-2-5(12)8(7)16-9(13)14/h1-2,9H,3H2. The Morgan fingerprint density at radius 3 is 2.38 bits per heavy atom. The molecule has 0 bridgehead atoms. The Kier molecular flexibility index (Phi) is 4.77. The van der Waals surface area contributed by atoms with Crippen LogP contribution in [0.25, 0.3) is 0 Å². The van der Waals surface area contributed by atoms with E-state index in [0.717, 1.165) is 0 Å². The van der Waals surface area contributed by atoms with Gasteiger partial charge >= 0.3 is 6.61 Å². The average molecular weight is 289 g/mol. The largest absolute Gasteiger partial charge is 0.432 e. The molecule has 2 nitrogen and oxygen atoms in total. The van der Waals surface area contributed by atoms with Crippen molar-refractivity contribution in [2.75, 3.05) is 5.88 Å². The number of rotatable bonds is 4. The van der Waals surface area contributed by atoms with Gasteiger partial charge < -0.3 is 4.74 Å². The number of hydrogen-bond donors (Lipinski definition) is 0. The van der Waals surface area contributed by atoms with E-state index in [2.05, 4.69) is 4.74 Å². The van der Waals surface area contributed by atoms with Crippen LogP contribution in [0.15, 0.2) is 12.1 Å². The Hall–Kier alpha value is -0.580. The van der Waals surface area contributed by atoms with Gasteiger partial charge in [0.25, 0.3) is 0 Å². The van der Waals surface area contributed by atoms with E-state index in [9.17, 15) is 13.6 Å². The van der Waals surface area contributed by atoms with E-state index >= 15 is 0 Å². The van der Waals surface area contributed by atoms with Gasteiger partial charge in [-0.2, -0.15) is 8.78 Å². The number of carbonyl (C=O) groups is 1. The summed E-state index contributed by atoms with van der Waals surface area (Å²) in [5.41, 5.74) is -0.232. The van der Waals surface area contributed by atoms with Crippen LogP contribution >= 0.6 is 34.8 Å². The number of ketones is 1. The zero-order valence-corrected chi connectivity index (χ0v) is 9.91. The van der Waals surface area contributed by atoms with Crippen molar-refractivity contribution < 1.29 is 18.3 Å². The van der Waals surface area contributed by atoms with Gasteiger partial charge in [0.15, 0.2) is 11.5 Å². The van der Waals surface area contributed by atoms with Crippen LogP contribution < -0.4 is 4.74 Å². The summed E-state index contributed by atoms with van der Waals surface area (Å²) in [4.78, 5) is 11.4. The molecule has 0 saturated carbocycles. The smallest absolute Gasteiger partial charge is 0.387 e. The van der Waals surface area contributed by atoms with Gasteiger partial charge in [-0.05, 0) is 12.1 Å². The maximum atomic E-state index is 12.1. The van der Waals surface area contributed by atoms with E-state index in [4.69, 9.17) is 34.8 Å². The van der Waals surface area contributed by atoms with Crippen LogP contribution in [0.3, 0.4) is 0 Å². The molecule has 0 saturated heterocycles. The predicted molar refractivity (Wildman–Crippen MR) is 58.1 cm³/mol. The molecule has 16 heavy (non-hydrogen) atoms. The molecular weight excluding hydrogens is 284 g/mol. The fourth-order valence-corrected chi connectivity index (χ4v) is 1.65. The van der Waals surface area contributed by atoms with Gasteiger partial charge in [0, 0.05) is 0 Å². The molecule has 0 aliphatic carbocycles. The molecule has 1 rings (SSSR count). The lowest BCUT2D eigenvalue weighted by Gasteiger charge is -2.12. The van der Waals surface area contributed by atoms with Gasteiger partial charge in [0.05, 0.1) is 21.5 Å². The third-order valence-electron chi connectivity index (χ3n) is 1.67. The van der Waals surface area contributed by atoms with Crippen molar-refractivity contribution in [1.82, 2.24) is 0 Å². The predicted octanol–water partition coefficient (Wildman–Crippen LogP) is 4.02. The van der Waals surface area contributed by atoms with Crippen molar-refractivity contribution in [2.45, 2.75) is 6.61 Å². The lowest BCUT2D eigenvalue weighted by molar-refractivity contribution is -0.0500. The summed E-state index contributed by atoms with van der Waals surface area (Å²) in [5, 5.41) is -0.163. The molecule has 0 N–H and O–H groups in total. The number of benzene rings is 1. The first-order chi connectivity index (χ1) is 7.47. The van der Waals surface area contributed by atoms with Crippen LogP contribution in [0.1, 0.15) is 10.4 Å². The Balaban J connectivity index is 3.31. The highest BCUT2D eigenvalue weighted by atomic mass is 35.5. The number of alkyl halides is 3. The van der Waals surface area contributed by atoms with E-state index < -0.39 is 24.0 Å². The number of ether oxygens (including phenoxy) is 1. The SMILES string of the molecule is O=C(CCl)c1c(Cl)ccc(Cl)c1OC(F)F. The van der Waals surface area contributed by atoms with Crippen LogP contribution in [0.5, 0.6) is 5.75 Å². The Bertz CT molecular complexity index is 410. The van der Waals surface area contributed by atoms with Crippen molar-refractivity contribution in [2.24, 2.45) is 0 Å². The summed E-state index contributed by atoms with van der Waals surface area (Å²) in [6, 6.07) is 2.56. The summed E-state index contributed by atoms with van der Waals surface area (Å²) in [6.07, 6.45) is 0. The third kappa shape index (κ3) is 2.97. The quantitative estimate of drug-likeness (QED) is 0.618. The highest BCUT2D eigenvalue weighted by molar-refractivity contribution is 6.39. The van der Waals surface area contributed by atoms with Crippen LogP contribution in [0.2, 0.25) is 10.0 Å². The molecule has 1 aromatic rings. The number of Topliss-reactive ketones (excluding diaryl/α,β-unsaturated/α-hetero) is 1. The second-order valence-electron chi connectivity index (χ2n) is 2.67. The molecule has 88 valence electrons. The summed E-state index contributed by atoms with van der Waals surface area (Å²) < 4.78 is 28.4. The van der Waals surface area contributed by atoms with E-state index in [1.54, 1.807) is 0 Å². The molecule has 0 atom stereocenters. The van der Waals surface area contributed by atoms with Gasteiger partial charge in [-0.1, -0.05) is 23.2 Å². The van der Waals surface area contributed by atoms with E-state index in [1.807, 2.05) is 0 Å². The molecular formula is C9H5Cl3F2O2. The second kappa shape index (κ2) is 5.66. The lowest BCUT2D eigenvalue weighted by atomic mass is 10.1. The highest BCUT2D eigenvalue weighted by Gasteiger charge is 2.21. The monoisotopic (exact) mass is 288 g/mol. The van der Waals surface area contributed by atoms with Crippen molar-refractivity contribution in [3.63, 3.8) is 0 Å². The first-order valence-corrected chi connectivity index (χ1v) is 5.28. The van der Waals surface area contributed by atoms with Crippen LogP contribution in [-0.2, 0) is 0 Å². The fourth-order valence-electron chi connectivity index (χ4n) is 1.06. The summed E-state index contributed by atoms with van der Waals surface area (Å²) in [6.45, 7) is -3.10. The summed E-state index contributed by atoms with van der Waals surface area (Å²) in [7, 11) is 0. The molecule has 1 aromatic carbocycles. The molecule has 0 aliphatic heterocycles. The zero-order valence-electron chi connectivity index (χ0n) is 7.65. The Labute approximate surface area is 105 Å². The van der Waals surface area contributed by atoms with Crippen LogP contribution in [0.4, 0.5) is 8.78 Å². The highest BCUT2D eigenvalue weighted by Crippen LogP contribution is 2.35. The Morgan fingerprint density at radius 2 is 1.88 bits per heavy atom. The molecule has 0 heterocycles. The van der Waals surface area contributed by atoms with Crippen molar-refractivity contribution >= 4 is 40.6 Å². The van der Waals surface area contributed by atoms with Crippen molar-refractivity contribution in [1.29, 1.82) is 0 Å². The van der Waals surface area contributed by atoms with Gasteiger partial charge in [-0.15, -0.1) is 11.6 Å². The Morgan fingerprint density at radius 1 is 1.31 bits per heavy atom. The molecule has 0 fully saturated rings. The molecule has 0 aliphatic rings. The molecule has 0 spiro atoms. The minimum atomic E-state index is -3.10.